The van der Waals surface area contributed by atoms with Gasteiger partial charge in [0, 0.05) is 20.8 Å². The van der Waals surface area contributed by atoms with Crippen molar-refractivity contribution in [3.63, 3.8) is 0 Å². The Kier molecular flexibility index (Phi) is 7.72. The van der Waals surface area contributed by atoms with Gasteiger partial charge in [0.2, 0.25) is 5.91 Å². The minimum atomic E-state index is 0.0902. The quantitative estimate of drug-likeness (QED) is 0.600. The molecule has 3 nitrogen and oxygen atoms in total. The van der Waals surface area contributed by atoms with Crippen molar-refractivity contribution in [2.24, 2.45) is 0 Å². The first kappa shape index (κ1) is 10.8. The number of hydrogen-bond acceptors (Lipinski definition) is 3. The molecule has 0 bridgehead atoms. The molecule has 0 saturated carbocycles. The summed E-state index contributed by atoms with van der Waals surface area (Å²) in [6, 6.07) is 0. The Morgan fingerprint density at radius 1 is 1.64 bits per heavy atom. The zero-order valence-corrected chi connectivity index (χ0v) is 7.87. The molecule has 1 amide bonds. The lowest BCUT2D eigenvalue weighted by molar-refractivity contribution is -0.118. The van der Waals surface area contributed by atoms with Gasteiger partial charge in [0.15, 0.2) is 0 Å². The minimum Gasteiger partial charge on any atom is -0.385 e. The zero-order valence-electron chi connectivity index (χ0n) is 7.05. The van der Waals surface area contributed by atoms with Gasteiger partial charge in [-0.05, 0) is 12.2 Å². The number of carbonyl (C=O) groups is 1. The van der Waals surface area contributed by atoms with Crippen molar-refractivity contribution in [1.82, 2.24) is 5.32 Å². The fraction of sp³-hybridized carbons (Fsp3) is 0.857. The van der Waals surface area contributed by atoms with E-state index >= 15 is 0 Å². The summed E-state index contributed by atoms with van der Waals surface area (Å²) >= 11 is 1.63. The maximum atomic E-state index is 10.7. The highest BCUT2D eigenvalue weighted by molar-refractivity contribution is 7.99. The van der Waals surface area contributed by atoms with Gasteiger partial charge in [-0.1, -0.05) is 0 Å². The third-order valence-electron chi connectivity index (χ3n) is 1.15. The van der Waals surface area contributed by atoms with Gasteiger partial charge < -0.3 is 10.1 Å². The molecule has 0 aliphatic heterocycles. The largest absolute Gasteiger partial charge is 0.385 e. The van der Waals surface area contributed by atoms with E-state index in [2.05, 4.69) is 5.32 Å². The predicted molar refractivity (Wildman–Crippen MR) is 47.9 cm³/mol. The van der Waals surface area contributed by atoms with Gasteiger partial charge in [0.1, 0.15) is 0 Å². The monoisotopic (exact) mass is 177 g/mol. The Bertz CT molecular complexity index is 109. The molecule has 0 unspecified atom stereocenters. The van der Waals surface area contributed by atoms with Gasteiger partial charge in [-0.2, -0.15) is 11.8 Å². The lowest BCUT2D eigenvalue weighted by Crippen LogP contribution is -2.20. The third kappa shape index (κ3) is 7.68. The summed E-state index contributed by atoms with van der Waals surface area (Å²) < 4.78 is 4.86. The Morgan fingerprint density at radius 2 is 2.36 bits per heavy atom. The SMILES string of the molecule is CNC(=O)CSCCCOC. The Hall–Kier alpha value is -0.220. The number of carbonyl (C=O) groups excluding carboxylic acids is 1. The average Bonchev–Trinajstić information content (AvgIpc) is 2.04. The van der Waals surface area contributed by atoms with E-state index in [1.54, 1.807) is 25.9 Å². The van der Waals surface area contributed by atoms with Crippen LogP contribution in [0.5, 0.6) is 0 Å². The number of ether oxygens (including phenoxy) is 1. The molecule has 0 fully saturated rings. The highest BCUT2D eigenvalue weighted by Gasteiger charge is 1.96. The Morgan fingerprint density at radius 3 is 2.91 bits per heavy atom. The molecule has 0 aliphatic carbocycles. The number of rotatable bonds is 6. The van der Waals surface area contributed by atoms with Gasteiger partial charge in [0.25, 0.3) is 0 Å². The molecule has 0 aromatic carbocycles. The number of thioether (sulfide) groups is 1. The molecule has 4 heteroatoms. The fourth-order valence-corrected chi connectivity index (χ4v) is 1.34. The van der Waals surface area contributed by atoms with Crippen molar-refractivity contribution in [2.45, 2.75) is 6.42 Å². The summed E-state index contributed by atoms with van der Waals surface area (Å²) in [5.41, 5.74) is 0. The van der Waals surface area contributed by atoms with Crippen LogP contribution in [0.4, 0.5) is 0 Å². The van der Waals surface area contributed by atoms with Gasteiger partial charge in [-0.3, -0.25) is 4.79 Å². The van der Waals surface area contributed by atoms with E-state index in [1.807, 2.05) is 0 Å². The molecular formula is C7H15NO2S. The van der Waals surface area contributed by atoms with E-state index in [9.17, 15) is 4.79 Å². The van der Waals surface area contributed by atoms with Crippen LogP contribution >= 0.6 is 11.8 Å². The highest BCUT2D eigenvalue weighted by atomic mass is 32.2. The molecule has 0 spiro atoms. The van der Waals surface area contributed by atoms with Crippen molar-refractivity contribution in [3.05, 3.63) is 0 Å². The maximum Gasteiger partial charge on any atom is 0.229 e. The molecular weight excluding hydrogens is 162 g/mol. The first-order chi connectivity index (χ1) is 5.31. The van der Waals surface area contributed by atoms with E-state index in [-0.39, 0.29) is 5.91 Å². The molecule has 0 heterocycles. The fourth-order valence-electron chi connectivity index (χ4n) is 0.542. The van der Waals surface area contributed by atoms with Gasteiger partial charge >= 0.3 is 0 Å². The minimum absolute atomic E-state index is 0.0902. The first-order valence-electron chi connectivity index (χ1n) is 3.58. The summed E-state index contributed by atoms with van der Waals surface area (Å²) in [6.45, 7) is 0.779. The zero-order chi connectivity index (χ0) is 8.53. The van der Waals surface area contributed by atoms with Crippen molar-refractivity contribution in [1.29, 1.82) is 0 Å². The molecule has 0 aromatic rings. The van der Waals surface area contributed by atoms with E-state index in [4.69, 9.17) is 4.74 Å². The van der Waals surface area contributed by atoms with Crippen molar-refractivity contribution in [3.8, 4) is 0 Å². The van der Waals surface area contributed by atoms with Crippen LogP contribution in [0.2, 0.25) is 0 Å². The normalized spacial score (nSPS) is 9.64. The summed E-state index contributed by atoms with van der Waals surface area (Å²) in [5, 5.41) is 2.56. The average molecular weight is 177 g/mol. The second-order valence-electron chi connectivity index (χ2n) is 2.07. The Balaban J connectivity index is 2.95. The van der Waals surface area contributed by atoms with Crippen LogP contribution in [0.3, 0.4) is 0 Å². The second-order valence-corrected chi connectivity index (χ2v) is 3.18. The lowest BCUT2D eigenvalue weighted by atomic mass is 10.5. The molecule has 0 aromatic heterocycles. The predicted octanol–water partition coefficient (Wildman–Crippen LogP) is 0.502. The number of amides is 1. The summed E-state index contributed by atoms with van der Waals surface area (Å²) in [5.74, 6) is 1.63. The van der Waals surface area contributed by atoms with Crippen molar-refractivity contribution < 1.29 is 9.53 Å². The van der Waals surface area contributed by atoms with Crippen molar-refractivity contribution in [2.75, 3.05) is 32.3 Å². The van der Waals surface area contributed by atoms with Gasteiger partial charge in [-0.25, -0.2) is 0 Å². The summed E-state index contributed by atoms with van der Waals surface area (Å²) in [7, 11) is 3.33. The Labute approximate surface area is 71.9 Å². The molecule has 11 heavy (non-hydrogen) atoms. The smallest absolute Gasteiger partial charge is 0.229 e. The van der Waals surface area contributed by atoms with Crippen LogP contribution in [0, 0.1) is 0 Å². The first-order valence-corrected chi connectivity index (χ1v) is 4.74. The molecule has 66 valence electrons. The molecule has 0 rings (SSSR count). The van der Waals surface area contributed by atoms with E-state index in [0.29, 0.717) is 5.75 Å². The third-order valence-corrected chi connectivity index (χ3v) is 2.19. The van der Waals surface area contributed by atoms with E-state index < -0.39 is 0 Å². The summed E-state index contributed by atoms with van der Waals surface area (Å²) in [4.78, 5) is 10.7. The molecule has 0 saturated heterocycles. The standard InChI is InChI=1S/C7H15NO2S/c1-8-7(9)6-11-5-3-4-10-2/h3-6H2,1-2H3,(H,8,9). The van der Waals surface area contributed by atoms with E-state index in [1.165, 1.54) is 0 Å². The van der Waals surface area contributed by atoms with Crippen LogP contribution in [-0.4, -0.2) is 38.2 Å². The lowest BCUT2D eigenvalue weighted by Gasteiger charge is -1.99. The van der Waals surface area contributed by atoms with Crippen LogP contribution in [0.25, 0.3) is 0 Å². The molecule has 0 radical (unpaired) electrons. The maximum absolute atomic E-state index is 10.7. The highest BCUT2D eigenvalue weighted by Crippen LogP contribution is 2.01. The van der Waals surface area contributed by atoms with Gasteiger partial charge in [0.05, 0.1) is 5.75 Å². The molecule has 0 atom stereocenters. The van der Waals surface area contributed by atoms with Crippen LogP contribution in [0.1, 0.15) is 6.42 Å². The number of hydrogen-bond donors (Lipinski definition) is 1. The van der Waals surface area contributed by atoms with Gasteiger partial charge in [-0.15, -0.1) is 0 Å². The molecule has 1 N–H and O–H groups in total. The topological polar surface area (TPSA) is 38.3 Å². The summed E-state index contributed by atoms with van der Waals surface area (Å²) in [6.07, 6.45) is 1.01. The van der Waals surface area contributed by atoms with Crippen LogP contribution < -0.4 is 5.32 Å². The number of methoxy groups -OCH3 is 1. The molecule has 0 aliphatic rings. The number of nitrogens with one attached hydrogen (secondary N) is 1. The van der Waals surface area contributed by atoms with Crippen LogP contribution in [0.15, 0.2) is 0 Å². The van der Waals surface area contributed by atoms with Crippen molar-refractivity contribution >= 4 is 17.7 Å². The van der Waals surface area contributed by atoms with E-state index in [0.717, 1.165) is 18.8 Å². The van der Waals surface area contributed by atoms with Crippen LogP contribution in [-0.2, 0) is 9.53 Å². The second kappa shape index (κ2) is 7.88.